The highest BCUT2D eigenvalue weighted by Crippen LogP contribution is 2.40. The van der Waals surface area contributed by atoms with E-state index in [1.54, 1.807) is 12.1 Å². The first-order valence-electron chi connectivity index (χ1n) is 9.17. The van der Waals surface area contributed by atoms with Gasteiger partial charge in [0.15, 0.2) is 5.78 Å². The molecule has 2 aliphatic rings. The number of aryl methyl sites for hydroxylation is 1. The van der Waals surface area contributed by atoms with Crippen LogP contribution in [0.3, 0.4) is 0 Å². The fraction of sp³-hybridized carbons (Fsp3) is 0.400. The summed E-state index contributed by atoms with van der Waals surface area (Å²) >= 11 is 7.78. The third kappa shape index (κ3) is 3.94. The topological polar surface area (TPSA) is 58.6 Å². The molecule has 142 valence electrons. The zero-order valence-electron chi connectivity index (χ0n) is 14.9. The van der Waals surface area contributed by atoms with E-state index in [2.05, 4.69) is 10.2 Å². The van der Waals surface area contributed by atoms with Gasteiger partial charge in [-0.25, -0.2) is 0 Å². The third-order valence-corrected chi connectivity index (χ3v) is 6.53. The molecule has 1 N–H and O–H groups in total. The van der Waals surface area contributed by atoms with Crippen LogP contribution in [-0.4, -0.2) is 49.4 Å². The number of ether oxygens (including phenoxy) is 1. The molecule has 0 spiro atoms. The van der Waals surface area contributed by atoms with Crippen molar-refractivity contribution in [1.29, 1.82) is 0 Å². The summed E-state index contributed by atoms with van der Waals surface area (Å²) in [6.45, 7) is 3.11. The van der Waals surface area contributed by atoms with E-state index < -0.39 is 0 Å². The number of fused-ring (bicyclic) bond motifs is 1. The van der Waals surface area contributed by atoms with Crippen LogP contribution in [0.15, 0.2) is 24.3 Å². The number of nitrogens with zero attached hydrogens (tertiary/aromatic N) is 1. The van der Waals surface area contributed by atoms with Gasteiger partial charge in [-0.3, -0.25) is 14.5 Å². The number of halogens is 1. The zero-order valence-corrected chi connectivity index (χ0v) is 16.5. The average Bonchev–Trinajstić information content (AvgIpc) is 3.23. The number of morpholine rings is 1. The summed E-state index contributed by atoms with van der Waals surface area (Å²) in [7, 11) is 0. The molecule has 0 radical (unpaired) electrons. The van der Waals surface area contributed by atoms with Gasteiger partial charge in [-0.15, -0.1) is 11.3 Å². The summed E-state index contributed by atoms with van der Waals surface area (Å²) in [6, 6.07) is 7.08. The number of carbonyl (C=O) groups is 2. The van der Waals surface area contributed by atoms with Gasteiger partial charge in [-0.1, -0.05) is 23.7 Å². The quantitative estimate of drug-likeness (QED) is 0.776. The molecule has 1 aromatic heterocycles. The Morgan fingerprint density at radius 2 is 1.96 bits per heavy atom. The standard InChI is InChI=1S/C20H21ClN2O3S/c21-15-6-2-1-4-13(15)19(25)18-14-5-3-7-16(14)27-20(18)22-17(24)12-23-8-10-26-11-9-23/h1-2,4,6H,3,5,7-12H2,(H,22,24). The molecular weight excluding hydrogens is 384 g/mol. The highest BCUT2D eigenvalue weighted by Gasteiger charge is 2.29. The van der Waals surface area contributed by atoms with Crippen LogP contribution in [0.25, 0.3) is 0 Å². The summed E-state index contributed by atoms with van der Waals surface area (Å²) in [4.78, 5) is 29.1. The first-order chi connectivity index (χ1) is 13.1. The number of amides is 1. The molecule has 27 heavy (non-hydrogen) atoms. The van der Waals surface area contributed by atoms with Crippen LogP contribution in [0.2, 0.25) is 5.02 Å². The molecule has 5 nitrogen and oxygen atoms in total. The SMILES string of the molecule is O=C(CN1CCOCC1)Nc1sc2c(c1C(=O)c1ccccc1Cl)CCC2. The van der Waals surface area contributed by atoms with Gasteiger partial charge < -0.3 is 10.1 Å². The molecule has 1 aliphatic carbocycles. The van der Waals surface area contributed by atoms with Crippen molar-refractivity contribution in [3.63, 3.8) is 0 Å². The van der Waals surface area contributed by atoms with Crippen LogP contribution in [0.1, 0.15) is 32.8 Å². The fourth-order valence-electron chi connectivity index (χ4n) is 3.64. The largest absolute Gasteiger partial charge is 0.379 e. The Balaban J connectivity index is 1.59. The van der Waals surface area contributed by atoms with Crippen molar-refractivity contribution in [3.05, 3.63) is 50.9 Å². The van der Waals surface area contributed by atoms with Gasteiger partial charge in [0.05, 0.1) is 30.3 Å². The molecule has 1 fully saturated rings. The Labute approximate surface area is 167 Å². The molecule has 1 saturated heterocycles. The molecule has 1 amide bonds. The van der Waals surface area contributed by atoms with Crippen LogP contribution < -0.4 is 5.32 Å². The zero-order chi connectivity index (χ0) is 18.8. The minimum absolute atomic E-state index is 0.0926. The van der Waals surface area contributed by atoms with Gasteiger partial charge in [-0.05, 0) is 37.0 Å². The second-order valence-electron chi connectivity index (χ2n) is 6.81. The van der Waals surface area contributed by atoms with Gasteiger partial charge in [0.2, 0.25) is 5.91 Å². The minimum atomic E-state index is -0.110. The smallest absolute Gasteiger partial charge is 0.239 e. The third-order valence-electron chi connectivity index (χ3n) is 4.99. The maximum absolute atomic E-state index is 13.2. The molecule has 0 bridgehead atoms. The molecular formula is C20H21ClN2O3S. The van der Waals surface area contributed by atoms with Crippen molar-refractivity contribution < 1.29 is 14.3 Å². The van der Waals surface area contributed by atoms with Crippen molar-refractivity contribution in [3.8, 4) is 0 Å². The minimum Gasteiger partial charge on any atom is -0.379 e. The summed E-state index contributed by atoms with van der Waals surface area (Å²) in [5.41, 5.74) is 2.18. The Morgan fingerprint density at radius 1 is 1.19 bits per heavy atom. The van der Waals surface area contributed by atoms with Crippen molar-refractivity contribution in [2.24, 2.45) is 0 Å². The average molecular weight is 405 g/mol. The summed E-state index contributed by atoms with van der Waals surface area (Å²) < 4.78 is 5.32. The van der Waals surface area contributed by atoms with E-state index in [1.807, 2.05) is 12.1 Å². The van der Waals surface area contributed by atoms with Gasteiger partial charge >= 0.3 is 0 Å². The maximum atomic E-state index is 13.2. The van der Waals surface area contributed by atoms with E-state index >= 15 is 0 Å². The van der Waals surface area contributed by atoms with Crippen LogP contribution >= 0.6 is 22.9 Å². The summed E-state index contributed by atoms with van der Waals surface area (Å²) in [6.07, 6.45) is 2.88. The second kappa shape index (κ2) is 8.10. The Morgan fingerprint density at radius 3 is 2.74 bits per heavy atom. The lowest BCUT2D eigenvalue weighted by molar-refractivity contribution is -0.118. The van der Waals surface area contributed by atoms with E-state index in [-0.39, 0.29) is 11.7 Å². The molecule has 1 aliphatic heterocycles. The number of carbonyl (C=O) groups excluding carboxylic acids is 2. The van der Waals surface area contributed by atoms with Crippen LogP contribution in [-0.2, 0) is 22.4 Å². The van der Waals surface area contributed by atoms with Crippen molar-refractivity contribution in [2.75, 3.05) is 38.2 Å². The normalized spacial score (nSPS) is 16.9. The van der Waals surface area contributed by atoms with Crippen LogP contribution in [0.4, 0.5) is 5.00 Å². The highest BCUT2D eigenvalue weighted by atomic mass is 35.5. The number of thiophene rings is 1. The number of hydrogen-bond donors (Lipinski definition) is 1. The summed E-state index contributed by atoms with van der Waals surface area (Å²) in [5, 5.41) is 4.08. The molecule has 0 unspecified atom stereocenters. The van der Waals surface area contributed by atoms with Crippen molar-refractivity contribution >= 4 is 39.6 Å². The Kier molecular flexibility index (Phi) is 5.59. The first kappa shape index (κ1) is 18.6. The monoisotopic (exact) mass is 404 g/mol. The number of hydrogen-bond acceptors (Lipinski definition) is 5. The van der Waals surface area contributed by atoms with Crippen molar-refractivity contribution in [1.82, 2.24) is 4.90 Å². The lowest BCUT2D eigenvalue weighted by Gasteiger charge is -2.25. The molecule has 2 heterocycles. The van der Waals surface area contributed by atoms with Gasteiger partial charge in [0, 0.05) is 23.5 Å². The lowest BCUT2D eigenvalue weighted by atomic mass is 10.00. The molecule has 1 aromatic carbocycles. The number of nitrogens with one attached hydrogen (secondary N) is 1. The second-order valence-corrected chi connectivity index (χ2v) is 8.32. The van der Waals surface area contributed by atoms with E-state index in [0.29, 0.717) is 40.9 Å². The molecule has 0 atom stereocenters. The number of anilines is 1. The Bertz CT molecular complexity index is 874. The number of benzene rings is 1. The molecule has 7 heteroatoms. The number of rotatable bonds is 5. The first-order valence-corrected chi connectivity index (χ1v) is 10.4. The van der Waals surface area contributed by atoms with Gasteiger partial charge in [-0.2, -0.15) is 0 Å². The summed E-state index contributed by atoms with van der Waals surface area (Å²) in [5.74, 6) is -0.202. The van der Waals surface area contributed by atoms with Gasteiger partial charge in [0.25, 0.3) is 0 Å². The molecule has 0 saturated carbocycles. The van der Waals surface area contributed by atoms with E-state index in [1.165, 1.54) is 16.2 Å². The van der Waals surface area contributed by atoms with Gasteiger partial charge in [0.1, 0.15) is 5.00 Å². The predicted octanol–water partition coefficient (Wildman–Crippen LogP) is 3.39. The lowest BCUT2D eigenvalue weighted by Crippen LogP contribution is -2.41. The maximum Gasteiger partial charge on any atom is 0.239 e. The fourth-order valence-corrected chi connectivity index (χ4v) is 5.17. The highest BCUT2D eigenvalue weighted by molar-refractivity contribution is 7.17. The van der Waals surface area contributed by atoms with Crippen molar-refractivity contribution in [2.45, 2.75) is 19.3 Å². The van der Waals surface area contributed by atoms with Crippen LogP contribution in [0.5, 0.6) is 0 Å². The predicted molar refractivity (Wildman–Crippen MR) is 107 cm³/mol. The Hall–Kier alpha value is -1.73. The van der Waals surface area contributed by atoms with Crippen LogP contribution in [0, 0.1) is 0 Å². The van der Waals surface area contributed by atoms with E-state index in [9.17, 15) is 9.59 Å². The molecule has 4 rings (SSSR count). The van der Waals surface area contributed by atoms with E-state index in [0.717, 1.165) is 37.9 Å². The van der Waals surface area contributed by atoms with E-state index in [4.69, 9.17) is 16.3 Å². The number of ketones is 1. The molecule has 2 aromatic rings.